The largest absolute Gasteiger partial charge is 0.348 e. The lowest BCUT2D eigenvalue weighted by atomic mass is 10.0. The maximum Gasteiger partial charge on any atom is 0.311 e. The molecule has 0 radical (unpaired) electrons. The van der Waals surface area contributed by atoms with Crippen molar-refractivity contribution < 1.29 is 9.59 Å². The van der Waals surface area contributed by atoms with Crippen molar-refractivity contribution in [2.45, 2.75) is 32.2 Å². The zero-order valence-corrected chi connectivity index (χ0v) is 11.0. The summed E-state index contributed by atoms with van der Waals surface area (Å²) in [7, 11) is 3.80. The molecule has 0 unspecified atom stereocenters. The highest BCUT2D eigenvalue weighted by Gasteiger charge is 2.27. The Morgan fingerprint density at radius 2 is 1.94 bits per heavy atom. The highest BCUT2D eigenvalue weighted by Crippen LogP contribution is 2.14. The van der Waals surface area contributed by atoms with Gasteiger partial charge in [-0.05, 0) is 39.4 Å². The Bertz CT molecular complexity index is 273. The van der Waals surface area contributed by atoms with Crippen molar-refractivity contribution in [2.24, 2.45) is 0 Å². The van der Waals surface area contributed by atoms with Crippen LogP contribution in [-0.4, -0.2) is 61.4 Å². The van der Waals surface area contributed by atoms with Gasteiger partial charge in [-0.2, -0.15) is 0 Å². The topological polar surface area (TPSA) is 52.7 Å². The van der Waals surface area contributed by atoms with Crippen molar-refractivity contribution in [2.75, 3.05) is 33.7 Å². The molecule has 1 heterocycles. The number of likely N-dealkylation sites (N-methyl/N-ethyl adjacent to an activating group) is 1. The predicted octanol–water partition coefficient (Wildman–Crippen LogP) is 0.0652. The van der Waals surface area contributed by atoms with Gasteiger partial charge in [0.1, 0.15) is 0 Å². The molecule has 5 heteroatoms. The third-order valence-corrected chi connectivity index (χ3v) is 3.29. The molecule has 0 aromatic heterocycles. The van der Waals surface area contributed by atoms with Gasteiger partial charge < -0.3 is 15.1 Å². The Kier molecular flexibility index (Phi) is 5.41. The van der Waals surface area contributed by atoms with E-state index in [9.17, 15) is 9.59 Å². The number of nitrogens with zero attached hydrogens (tertiary/aromatic N) is 2. The van der Waals surface area contributed by atoms with Crippen molar-refractivity contribution in [1.29, 1.82) is 0 Å². The summed E-state index contributed by atoms with van der Waals surface area (Å²) in [6.07, 6.45) is 2.73. The average molecular weight is 241 g/mol. The Balaban J connectivity index is 2.43. The Morgan fingerprint density at radius 1 is 1.35 bits per heavy atom. The van der Waals surface area contributed by atoms with Crippen LogP contribution in [0.1, 0.15) is 26.2 Å². The molecule has 0 spiro atoms. The van der Waals surface area contributed by atoms with Crippen LogP contribution in [0.25, 0.3) is 0 Å². The van der Waals surface area contributed by atoms with E-state index < -0.39 is 11.8 Å². The summed E-state index contributed by atoms with van der Waals surface area (Å²) >= 11 is 0. The molecule has 1 aliphatic rings. The van der Waals surface area contributed by atoms with Crippen molar-refractivity contribution in [3.63, 3.8) is 0 Å². The molecule has 1 saturated heterocycles. The molecule has 0 aromatic rings. The Labute approximate surface area is 103 Å². The number of rotatable bonds is 3. The fraction of sp³-hybridized carbons (Fsp3) is 0.833. The number of hydrogen-bond donors (Lipinski definition) is 1. The normalized spacial score (nSPS) is 17.8. The average Bonchev–Trinajstić information content (AvgIpc) is 2.35. The van der Waals surface area contributed by atoms with Crippen LogP contribution in [-0.2, 0) is 9.59 Å². The molecule has 5 nitrogen and oxygen atoms in total. The molecule has 0 aromatic carbocycles. The van der Waals surface area contributed by atoms with E-state index in [1.54, 1.807) is 11.9 Å². The second-order valence-electron chi connectivity index (χ2n) is 4.71. The molecule has 1 fully saturated rings. The van der Waals surface area contributed by atoms with Crippen LogP contribution in [0.4, 0.5) is 0 Å². The summed E-state index contributed by atoms with van der Waals surface area (Å²) < 4.78 is 0. The minimum absolute atomic E-state index is 0.200. The van der Waals surface area contributed by atoms with Crippen LogP contribution in [0.3, 0.4) is 0 Å². The molecular formula is C12H23N3O2. The van der Waals surface area contributed by atoms with Gasteiger partial charge in [-0.15, -0.1) is 0 Å². The van der Waals surface area contributed by atoms with E-state index in [-0.39, 0.29) is 6.04 Å². The number of hydrogen-bond acceptors (Lipinski definition) is 3. The second kappa shape index (κ2) is 6.59. The lowest BCUT2D eigenvalue weighted by molar-refractivity contribution is -0.146. The van der Waals surface area contributed by atoms with Crippen LogP contribution in [0.2, 0.25) is 0 Å². The molecule has 98 valence electrons. The van der Waals surface area contributed by atoms with Gasteiger partial charge in [0.15, 0.2) is 0 Å². The molecule has 0 saturated carbocycles. The quantitative estimate of drug-likeness (QED) is 0.711. The van der Waals surface area contributed by atoms with Gasteiger partial charge in [0, 0.05) is 19.6 Å². The highest BCUT2D eigenvalue weighted by molar-refractivity contribution is 6.35. The zero-order chi connectivity index (χ0) is 12.8. The lowest BCUT2D eigenvalue weighted by Gasteiger charge is -2.34. The molecule has 0 aliphatic carbocycles. The van der Waals surface area contributed by atoms with E-state index >= 15 is 0 Å². The van der Waals surface area contributed by atoms with Crippen molar-refractivity contribution in [1.82, 2.24) is 15.1 Å². The number of likely N-dealkylation sites (tertiary alicyclic amines) is 1. The lowest BCUT2D eigenvalue weighted by Crippen LogP contribution is -2.49. The molecule has 0 bridgehead atoms. The van der Waals surface area contributed by atoms with Gasteiger partial charge in [-0.25, -0.2) is 0 Å². The van der Waals surface area contributed by atoms with E-state index in [1.165, 1.54) is 0 Å². The first-order valence-electron chi connectivity index (χ1n) is 6.29. The molecule has 17 heavy (non-hydrogen) atoms. The fourth-order valence-corrected chi connectivity index (χ4v) is 2.02. The van der Waals surface area contributed by atoms with E-state index in [0.717, 1.165) is 32.4 Å². The number of amides is 2. The first-order valence-corrected chi connectivity index (χ1v) is 6.29. The van der Waals surface area contributed by atoms with E-state index in [1.807, 2.05) is 6.92 Å². The van der Waals surface area contributed by atoms with Crippen molar-refractivity contribution >= 4 is 11.8 Å². The minimum atomic E-state index is -0.478. The fourth-order valence-electron chi connectivity index (χ4n) is 2.02. The second-order valence-corrected chi connectivity index (χ2v) is 4.71. The van der Waals surface area contributed by atoms with Gasteiger partial charge in [0.25, 0.3) is 0 Å². The van der Waals surface area contributed by atoms with Crippen LogP contribution < -0.4 is 5.32 Å². The van der Waals surface area contributed by atoms with Gasteiger partial charge in [-0.1, -0.05) is 6.92 Å². The maximum absolute atomic E-state index is 11.8. The summed E-state index contributed by atoms with van der Waals surface area (Å²) in [4.78, 5) is 27.2. The molecule has 1 rings (SSSR count). The number of nitrogens with one attached hydrogen (secondary N) is 1. The van der Waals surface area contributed by atoms with Gasteiger partial charge in [0.05, 0.1) is 0 Å². The van der Waals surface area contributed by atoms with E-state index in [0.29, 0.717) is 6.54 Å². The summed E-state index contributed by atoms with van der Waals surface area (Å²) in [5.74, 6) is -0.888. The summed E-state index contributed by atoms with van der Waals surface area (Å²) in [6.45, 7) is 4.50. The van der Waals surface area contributed by atoms with Crippen molar-refractivity contribution in [3.8, 4) is 0 Å². The Hall–Kier alpha value is -1.10. The van der Waals surface area contributed by atoms with Crippen LogP contribution in [0.5, 0.6) is 0 Å². The summed E-state index contributed by atoms with van der Waals surface area (Å²) in [5.41, 5.74) is 0. The molecule has 1 aliphatic heterocycles. The molecule has 2 amide bonds. The first-order chi connectivity index (χ1) is 8.06. The van der Waals surface area contributed by atoms with Crippen LogP contribution in [0, 0.1) is 0 Å². The molecular weight excluding hydrogens is 218 g/mol. The zero-order valence-electron chi connectivity index (χ0n) is 11.0. The van der Waals surface area contributed by atoms with Crippen molar-refractivity contribution in [3.05, 3.63) is 0 Å². The number of piperidine rings is 1. The van der Waals surface area contributed by atoms with E-state index in [4.69, 9.17) is 0 Å². The predicted molar refractivity (Wildman–Crippen MR) is 66.6 cm³/mol. The summed E-state index contributed by atoms with van der Waals surface area (Å²) in [6, 6.07) is 0.200. The highest BCUT2D eigenvalue weighted by atomic mass is 16.2. The smallest absolute Gasteiger partial charge is 0.311 e. The Morgan fingerprint density at radius 3 is 2.47 bits per heavy atom. The number of carbonyl (C=O) groups is 2. The molecule has 0 atom stereocenters. The standard InChI is InChI=1S/C12H23N3O2/c1-4-7-13-11(16)12(17)15(3)10-5-8-14(2)9-6-10/h10H,4-9H2,1-3H3,(H,13,16). The minimum Gasteiger partial charge on any atom is -0.348 e. The molecule has 1 N–H and O–H groups in total. The van der Waals surface area contributed by atoms with Crippen LogP contribution in [0.15, 0.2) is 0 Å². The van der Waals surface area contributed by atoms with Gasteiger partial charge in [-0.3, -0.25) is 9.59 Å². The third kappa shape index (κ3) is 4.00. The number of carbonyl (C=O) groups excluding carboxylic acids is 2. The van der Waals surface area contributed by atoms with E-state index in [2.05, 4.69) is 17.3 Å². The van der Waals surface area contributed by atoms with Crippen LogP contribution >= 0.6 is 0 Å². The van der Waals surface area contributed by atoms with Gasteiger partial charge >= 0.3 is 11.8 Å². The SMILES string of the molecule is CCCNC(=O)C(=O)N(C)C1CCN(C)CC1. The monoisotopic (exact) mass is 241 g/mol. The third-order valence-electron chi connectivity index (χ3n) is 3.29. The summed E-state index contributed by atoms with van der Waals surface area (Å²) in [5, 5.41) is 2.62. The maximum atomic E-state index is 11.8. The van der Waals surface area contributed by atoms with Gasteiger partial charge in [0.2, 0.25) is 0 Å². The first kappa shape index (κ1) is 14.0.